The number of amides is 3. The Labute approximate surface area is 163 Å². The van der Waals surface area contributed by atoms with Crippen LogP contribution in [0.25, 0.3) is 0 Å². The molecule has 0 saturated carbocycles. The van der Waals surface area contributed by atoms with E-state index in [2.05, 4.69) is 5.32 Å². The van der Waals surface area contributed by atoms with Crippen LogP contribution in [0.1, 0.15) is 26.3 Å². The molecule has 7 nitrogen and oxygen atoms in total. The first-order valence-electron chi connectivity index (χ1n) is 9.43. The Morgan fingerprint density at radius 2 is 1.93 bits per heavy atom. The zero-order chi connectivity index (χ0) is 20.1. The summed E-state index contributed by atoms with van der Waals surface area (Å²) in [5.41, 5.74) is -0.739. The van der Waals surface area contributed by atoms with E-state index < -0.39 is 35.2 Å². The largest absolute Gasteiger partial charge is 0.444 e. The summed E-state index contributed by atoms with van der Waals surface area (Å²) in [5.74, 6) is -1.64. The summed E-state index contributed by atoms with van der Waals surface area (Å²) in [5, 5.41) is 2.69. The second-order valence-corrected chi connectivity index (χ2v) is 8.50. The van der Waals surface area contributed by atoms with Crippen LogP contribution in [0.4, 0.5) is 4.79 Å². The minimum atomic E-state index is -1.01. The van der Waals surface area contributed by atoms with Gasteiger partial charge in [0.25, 0.3) is 0 Å². The number of hydrogen-bond donors (Lipinski definition) is 1. The molecule has 3 amide bonds. The molecule has 2 saturated heterocycles. The molecule has 1 aromatic rings. The van der Waals surface area contributed by atoms with E-state index in [1.807, 2.05) is 36.4 Å². The quantitative estimate of drug-likeness (QED) is 0.634. The SMILES string of the molecule is CC(C)(C)OC(=O)NC[C@@]12C=C[C@@H](O1)[C@@H]1C(=O)N(Cc3ccccc3)C(=O)[C@@H]12. The van der Waals surface area contributed by atoms with Crippen molar-refractivity contribution in [3.63, 3.8) is 0 Å². The van der Waals surface area contributed by atoms with Gasteiger partial charge in [0, 0.05) is 0 Å². The molecule has 0 aliphatic carbocycles. The standard InChI is InChI=1S/C21H24N2O5/c1-20(2,3)28-19(26)22-12-21-10-9-14(27-21)15-16(21)18(25)23(17(15)24)11-13-7-5-4-6-8-13/h4-10,14-16H,11-12H2,1-3H3,(H,22,26)/t14-,15+,16-,21-/m1/s1. The van der Waals surface area contributed by atoms with Crippen LogP contribution in [-0.4, -0.2) is 46.7 Å². The minimum absolute atomic E-state index is 0.0777. The molecular weight excluding hydrogens is 360 g/mol. The van der Waals surface area contributed by atoms with Crippen molar-refractivity contribution < 1.29 is 23.9 Å². The number of carbonyl (C=O) groups excluding carboxylic acids is 3. The zero-order valence-corrected chi connectivity index (χ0v) is 16.2. The van der Waals surface area contributed by atoms with E-state index in [0.717, 1.165) is 5.56 Å². The van der Waals surface area contributed by atoms with E-state index in [1.165, 1.54) is 4.90 Å². The van der Waals surface area contributed by atoms with E-state index in [-0.39, 0.29) is 24.9 Å². The number of rotatable bonds is 4. The molecule has 1 aromatic carbocycles. The molecule has 0 unspecified atom stereocenters. The highest BCUT2D eigenvalue weighted by molar-refractivity contribution is 6.07. The molecule has 3 heterocycles. The van der Waals surface area contributed by atoms with Gasteiger partial charge in [0.2, 0.25) is 11.8 Å². The van der Waals surface area contributed by atoms with Crippen LogP contribution in [0.2, 0.25) is 0 Å². The third-order valence-corrected chi connectivity index (χ3v) is 5.34. The Hall–Kier alpha value is -2.67. The molecule has 3 aliphatic rings. The van der Waals surface area contributed by atoms with Gasteiger partial charge in [-0.3, -0.25) is 14.5 Å². The molecule has 28 heavy (non-hydrogen) atoms. The fourth-order valence-corrected chi connectivity index (χ4v) is 4.21. The second kappa shape index (κ2) is 6.44. The van der Waals surface area contributed by atoms with Gasteiger partial charge in [0.15, 0.2) is 0 Å². The average molecular weight is 384 g/mol. The van der Waals surface area contributed by atoms with Crippen LogP contribution >= 0.6 is 0 Å². The predicted octanol–water partition coefficient (Wildman–Crippen LogP) is 2.02. The fraction of sp³-hybridized carbons (Fsp3) is 0.476. The smallest absolute Gasteiger partial charge is 0.407 e. The lowest BCUT2D eigenvalue weighted by atomic mass is 9.77. The number of fused-ring (bicyclic) bond motifs is 5. The number of carbonyl (C=O) groups is 3. The molecule has 0 radical (unpaired) electrons. The summed E-state index contributed by atoms with van der Waals surface area (Å²) in [6, 6.07) is 9.42. The number of likely N-dealkylation sites (tertiary alicyclic amines) is 1. The van der Waals surface area contributed by atoms with E-state index in [1.54, 1.807) is 26.8 Å². The first-order chi connectivity index (χ1) is 13.2. The Morgan fingerprint density at radius 3 is 2.61 bits per heavy atom. The van der Waals surface area contributed by atoms with E-state index in [4.69, 9.17) is 9.47 Å². The molecule has 4 rings (SSSR count). The number of nitrogens with one attached hydrogen (secondary N) is 1. The molecule has 0 aromatic heterocycles. The van der Waals surface area contributed by atoms with Crippen molar-refractivity contribution in [2.24, 2.45) is 11.8 Å². The molecule has 7 heteroatoms. The van der Waals surface area contributed by atoms with Gasteiger partial charge in [-0.05, 0) is 26.3 Å². The Morgan fingerprint density at radius 1 is 1.21 bits per heavy atom. The molecule has 4 atom stereocenters. The van der Waals surface area contributed by atoms with Gasteiger partial charge in [-0.15, -0.1) is 0 Å². The highest BCUT2D eigenvalue weighted by Gasteiger charge is 2.67. The van der Waals surface area contributed by atoms with Gasteiger partial charge in [-0.1, -0.05) is 42.5 Å². The normalized spacial score (nSPS) is 30.7. The van der Waals surface area contributed by atoms with Crippen LogP contribution in [0, 0.1) is 11.8 Å². The van der Waals surface area contributed by atoms with Gasteiger partial charge in [0.05, 0.1) is 31.0 Å². The number of benzene rings is 1. The highest BCUT2D eigenvalue weighted by Crippen LogP contribution is 2.51. The van der Waals surface area contributed by atoms with E-state index in [0.29, 0.717) is 0 Å². The third-order valence-electron chi connectivity index (χ3n) is 5.34. The maximum atomic E-state index is 13.1. The van der Waals surface area contributed by atoms with E-state index in [9.17, 15) is 14.4 Å². The summed E-state index contributed by atoms with van der Waals surface area (Å²) in [6.45, 7) is 5.65. The van der Waals surface area contributed by atoms with Crippen molar-refractivity contribution in [3.8, 4) is 0 Å². The summed E-state index contributed by atoms with van der Waals surface area (Å²) in [7, 11) is 0. The monoisotopic (exact) mass is 384 g/mol. The molecule has 2 bridgehead atoms. The molecule has 2 fully saturated rings. The van der Waals surface area contributed by atoms with Gasteiger partial charge in [0.1, 0.15) is 11.2 Å². The first-order valence-corrected chi connectivity index (χ1v) is 9.43. The number of ether oxygens (including phenoxy) is 2. The highest BCUT2D eigenvalue weighted by atomic mass is 16.6. The second-order valence-electron chi connectivity index (χ2n) is 8.50. The summed E-state index contributed by atoms with van der Waals surface area (Å²) >= 11 is 0. The van der Waals surface area contributed by atoms with Gasteiger partial charge >= 0.3 is 6.09 Å². The average Bonchev–Trinajstić information content (AvgIpc) is 3.26. The van der Waals surface area contributed by atoms with Crippen LogP contribution in [0.5, 0.6) is 0 Å². The maximum absolute atomic E-state index is 13.1. The number of imide groups is 1. The van der Waals surface area contributed by atoms with Crippen LogP contribution in [0.3, 0.4) is 0 Å². The fourth-order valence-electron chi connectivity index (χ4n) is 4.21. The third kappa shape index (κ3) is 3.09. The lowest BCUT2D eigenvalue weighted by Crippen LogP contribution is -2.49. The Kier molecular flexibility index (Phi) is 4.30. The van der Waals surface area contributed by atoms with Gasteiger partial charge < -0.3 is 14.8 Å². The summed E-state index contributed by atoms with van der Waals surface area (Å²) in [6.07, 6.45) is 2.59. The van der Waals surface area contributed by atoms with Crippen LogP contribution in [0.15, 0.2) is 42.5 Å². The summed E-state index contributed by atoms with van der Waals surface area (Å²) in [4.78, 5) is 39.4. The molecule has 148 valence electrons. The Bertz CT molecular complexity index is 844. The van der Waals surface area contributed by atoms with Crippen molar-refractivity contribution in [1.82, 2.24) is 10.2 Å². The zero-order valence-electron chi connectivity index (χ0n) is 16.2. The van der Waals surface area contributed by atoms with Crippen molar-refractivity contribution in [2.45, 2.75) is 44.6 Å². The molecular formula is C21H24N2O5. The van der Waals surface area contributed by atoms with Crippen molar-refractivity contribution in [1.29, 1.82) is 0 Å². The topological polar surface area (TPSA) is 84.9 Å². The van der Waals surface area contributed by atoms with Crippen molar-refractivity contribution >= 4 is 17.9 Å². The number of nitrogens with zero attached hydrogens (tertiary/aromatic N) is 1. The minimum Gasteiger partial charge on any atom is -0.444 e. The van der Waals surface area contributed by atoms with Crippen LogP contribution < -0.4 is 5.32 Å². The summed E-state index contributed by atoms with van der Waals surface area (Å²) < 4.78 is 11.3. The lowest BCUT2D eigenvalue weighted by molar-refractivity contribution is -0.144. The Balaban J connectivity index is 1.51. The number of hydrogen-bond acceptors (Lipinski definition) is 5. The molecule has 3 aliphatic heterocycles. The van der Waals surface area contributed by atoms with Crippen molar-refractivity contribution in [3.05, 3.63) is 48.0 Å². The van der Waals surface area contributed by atoms with Crippen LogP contribution in [-0.2, 0) is 25.6 Å². The van der Waals surface area contributed by atoms with E-state index >= 15 is 0 Å². The van der Waals surface area contributed by atoms with Gasteiger partial charge in [-0.2, -0.15) is 0 Å². The first kappa shape index (κ1) is 18.7. The molecule has 1 N–H and O–H groups in total. The maximum Gasteiger partial charge on any atom is 0.407 e. The number of alkyl carbamates (subject to hydrolysis) is 1. The molecule has 0 spiro atoms. The van der Waals surface area contributed by atoms with Crippen molar-refractivity contribution in [2.75, 3.05) is 6.54 Å². The lowest BCUT2D eigenvalue weighted by Gasteiger charge is -2.29. The predicted molar refractivity (Wildman–Crippen MR) is 100.0 cm³/mol. The van der Waals surface area contributed by atoms with Gasteiger partial charge in [-0.25, -0.2) is 4.79 Å².